The number of aromatic nitrogens is 1. The smallest absolute Gasteiger partial charge is 0.253 e. The molecule has 0 atom stereocenters. The van der Waals surface area contributed by atoms with E-state index in [4.69, 9.17) is 4.42 Å². The van der Waals surface area contributed by atoms with E-state index in [1.165, 1.54) is 12.8 Å². The van der Waals surface area contributed by atoms with Crippen LogP contribution in [-0.2, 0) is 0 Å². The molecule has 3 rings (SSSR count). The van der Waals surface area contributed by atoms with Crippen molar-refractivity contribution in [1.29, 1.82) is 0 Å². The first-order valence-corrected chi connectivity index (χ1v) is 8.20. The van der Waals surface area contributed by atoms with E-state index in [-0.39, 0.29) is 5.91 Å². The van der Waals surface area contributed by atoms with Gasteiger partial charge in [0.15, 0.2) is 12.2 Å². The van der Waals surface area contributed by atoms with Crippen molar-refractivity contribution in [3.8, 4) is 11.3 Å². The van der Waals surface area contributed by atoms with Crippen molar-refractivity contribution in [3.63, 3.8) is 0 Å². The Hall–Kier alpha value is -2.14. The molecule has 1 amide bonds. The predicted molar refractivity (Wildman–Crippen MR) is 89.1 cm³/mol. The second-order valence-electron chi connectivity index (χ2n) is 6.07. The number of hydrogen-bond donors (Lipinski definition) is 1. The van der Waals surface area contributed by atoms with Gasteiger partial charge >= 0.3 is 0 Å². The minimum atomic E-state index is 0.126. The first kappa shape index (κ1) is 15.7. The third-order valence-electron chi connectivity index (χ3n) is 4.55. The van der Waals surface area contributed by atoms with Crippen LogP contribution in [0.15, 0.2) is 41.3 Å². The van der Waals surface area contributed by atoms with Crippen molar-refractivity contribution < 1.29 is 9.21 Å². The molecule has 0 saturated carbocycles. The second-order valence-corrected chi connectivity index (χ2v) is 6.07. The van der Waals surface area contributed by atoms with Crippen LogP contribution in [0.1, 0.15) is 29.6 Å². The minimum absolute atomic E-state index is 0.126. The Balaban J connectivity index is 1.58. The van der Waals surface area contributed by atoms with Crippen LogP contribution in [0, 0.1) is 5.92 Å². The summed E-state index contributed by atoms with van der Waals surface area (Å²) >= 11 is 0. The lowest BCUT2D eigenvalue weighted by molar-refractivity contribution is 0.0687. The number of nitrogens with one attached hydrogen (secondary N) is 1. The number of amides is 1. The highest BCUT2D eigenvalue weighted by atomic mass is 16.3. The Bertz CT molecular complexity index is 614. The zero-order chi connectivity index (χ0) is 16.1. The molecule has 1 saturated heterocycles. The van der Waals surface area contributed by atoms with Crippen LogP contribution in [0.3, 0.4) is 0 Å². The van der Waals surface area contributed by atoms with Gasteiger partial charge in [-0.25, -0.2) is 4.98 Å². The number of carbonyl (C=O) groups excluding carboxylic acids is 1. The summed E-state index contributed by atoms with van der Waals surface area (Å²) in [5.41, 5.74) is 1.67. The van der Waals surface area contributed by atoms with Gasteiger partial charge in [-0.2, -0.15) is 0 Å². The van der Waals surface area contributed by atoms with Crippen LogP contribution in [0.4, 0.5) is 0 Å². The van der Waals surface area contributed by atoms with Gasteiger partial charge in [0.1, 0.15) is 0 Å². The molecule has 5 nitrogen and oxygen atoms in total. The molecular weight excluding hydrogens is 290 g/mol. The molecule has 5 heteroatoms. The monoisotopic (exact) mass is 313 g/mol. The molecule has 0 bridgehead atoms. The van der Waals surface area contributed by atoms with Gasteiger partial charge in [-0.05, 0) is 50.9 Å². The van der Waals surface area contributed by atoms with Gasteiger partial charge in [0, 0.05) is 24.2 Å². The Kier molecular flexibility index (Phi) is 5.08. The number of carbonyl (C=O) groups is 1. The first-order valence-electron chi connectivity index (χ1n) is 8.20. The third-order valence-corrected chi connectivity index (χ3v) is 4.55. The molecule has 0 spiro atoms. The SMILES string of the molecule is CNCCC1CCN(C(=O)c2ccc(-c3cnco3)cc2)CC1. The van der Waals surface area contributed by atoms with Crippen LogP contribution in [0.25, 0.3) is 11.3 Å². The van der Waals surface area contributed by atoms with Crippen LogP contribution in [0.5, 0.6) is 0 Å². The highest BCUT2D eigenvalue weighted by Gasteiger charge is 2.23. The zero-order valence-corrected chi connectivity index (χ0v) is 13.5. The maximum atomic E-state index is 12.6. The van der Waals surface area contributed by atoms with Gasteiger partial charge < -0.3 is 14.6 Å². The Morgan fingerprint density at radius 2 is 2.04 bits per heavy atom. The maximum absolute atomic E-state index is 12.6. The van der Waals surface area contributed by atoms with E-state index in [1.807, 2.05) is 36.2 Å². The molecule has 1 fully saturated rings. The Morgan fingerprint density at radius 1 is 1.30 bits per heavy atom. The summed E-state index contributed by atoms with van der Waals surface area (Å²) in [5, 5.41) is 3.20. The number of likely N-dealkylation sites (tertiary alicyclic amines) is 1. The number of benzene rings is 1. The molecule has 2 heterocycles. The Morgan fingerprint density at radius 3 is 2.65 bits per heavy atom. The van der Waals surface area contributed by atoms with Gasteiger partial charge in [-0.15, -0.1) is 0 Å². The number of oxazole rings is 1. The average Bonchev–Trinajstić information content (AvgIpc) is 3.14. The summed E-state index contributed by atoms with van der Waals surface area (Å²) in [6.45, 7) is 2.77. The summed E-state index contributed by atoms with van der Waals surface area (Å²) in [7, 11) is 1.99. The largest absolute Gasteiger partial charge is 0.444 e. The molecular formula is C18H23N3O2. The van der Waals surface area contributed by atoms with Crippen molar-refractivity contribution in [3.05, 3.63) is 42.4 Å². The van der Waals surface area contributed by atoms with Gasteiger partial charge in [-0.3, -0.25) is 4.79 Å². The van der Waals surface area contributed by atoms with Crippen LogP contribution >= 0.6 is 0 Å². The number of rotatable bonds is 5. The maximum Gasteiger partial charge on any atom is 0.253 e. The lowest BCUT2D eigenvalue weighted by Gasteiger charge is -2.32. The van der Waals surface area contributed by atoms with Crippen molar-refractivity contribution in [1.82, 2.24) is 15.2 Å². The summed E-state index contributed by atoms with van der Waals surface area (Å²) in [4.78, 5) is 18.5. The first-order chi connectivity index (χ1) is 11.3. The quantitative estimate of drug-likeness (QED) is 0.922. The fraction of sp³-hybridized carbons (Fsp3) is 0.444. The molecule has 23 heavy (non-hydrogen) atoms. The lowest BCUT2D eigenvalue weighted by Crippen LogP contribution is -2.38. The van der Waals surface area contributed by atoms with Crippen LogP contribution in [-0.4, -0.2) is 42.5 Å². The topological polar surface area (TPSA) is 58.4 Å². The second kappa shape index (κ2) is 7.42. The minimum Gasteiger partial charge on any atom is -0.444 e. The van der Waals surface area contributed by atoms with Gasteiger partial charge in [0.2, 0.25) is 0 Å². The molecule has 122 valence electrons. The summed E-state index contributed by atoms with van der Waals surface area (Å²) in [5.74, 6) is 1.58. The van der Waals surface area contributed by atoms with Crippen molar-refractivity contribution in [2.24, 2.45) is 5.92 Å². The molecule has 1 N–H and O–H groups in total. The van der Waals surface area contributed by atoms with E-state index in [9.17, 15) is 4.79 Å². The van der Waals surface area contributed by atoms with Crippen LogP contribution < -0.4 is 5.32 Å². The van der Waals surface area contributed by atoms with Crippen molar-refractivity contribution in [2.45, 2.75) is 19.3 Å². The predicted octanol–water partition coefficient (Wildman–Crippen LogP) is 2.80. The van der Waals surface area contributed by atoms with E-state index in [0.717, 1.165) is 49.5 Å². The molecule has 1 aromatic carbocycles. The normalized spacial score (nSPS) is 15.8. The molecule has 1 aliphatic rings. The lowest BCUT2D eigenvalue weighted by atomic mass is 9.93. The highest BCUT2D eigenvalue weighted by molar-refractivity contribution is 5.94. The number of piperidine rings is 1. The molecule has 2 aromatic rings. The average molecular weight is 313 g/mol. The summed E-state index contributed by atoms with van der Waals surface area (Å²) in [6, 6.07) is 7.56. The molecule has 1 aromatic heterocycles. The molecule has 0 radical (unpaired) electrons. The van der Waals surface area contributed by atoms with Crippen LogP contribution in [0.2, 0.25) is 0 Å². The molecule has 1 aliphatic heterocycles. The van der Waals surface area contributed by atoms with Gasteiger partial charge in [-0.1, -0.05) is 12.1 Å². The molecule has 0 aliphatic carbocycles. The van der Waals surface area contributed by atoms with E-state index >= 15 is 0 Å². The third kappa shape index (κ3) is 3.79. The van der Waals surface area contributed by atoms with E-state index in [0.29, 0.717) is 5.76 Å². The summed E-state index contributed by atoms with van der Waals surface area (Å²) in [6.07, 6.45) is 6.48. The standard InChI is InChI=1S/C18H23N3O2/c1-19-9-6-14-7-10-21(11-8-14)18(22)16-4-2-15(3-5-16)17-12-20-13-23-17/h2-5,12-14,19H,6-11H2,1H3. The van der Waals surface area contributed by atoms with Crippen molar-refractivity contribution in [2.75, 3.05) is 26.7 Å². The van der Waals surface area contributed by atoms with E-state index in [2.05, 4.69) is 10.3 Å². The van der Waals surface area contributed by atoms with Crippen molar-refractivity contribution >= 4 is 5.91 Å². The Labute approximate surface area is 136 Å². The fourth-order valence-corrected chi connectivity index (χ4v) is 3.09. The summed E-state index contributed by atoms with van der Waals surface area (Å²) < 4.78 is 5.27. The van der Waals surface area contributed by atoms with E-state index < -0.39 is 0 Å². The number of hydrogen-bond acceptors (Lipinski definition) is 4. The van der Waals surface area contributed by atoms with Gasteiger partial charge in [0.25, 0.3) is 5.91 Å². The van der Waals surface area contributed by atoms with Gasteiger partial charge in [0.05, 0.1) is 6.20 Å². The fourth-order valence-electron chi connectivity index (χ4n) is 3.09. The number of nitrogens with zero attached hydrogens (tertiary/aromatic N) is 2. The highest BCUT2D eigenvalue weighted by Crippen LogP contribution is 2.23. The van der Waals surface area contributed by atoms with E-state index in [1.54, 1.807) is 6.20 Å². The molecule has 0 unspecified atom stereocenters. The zero-order valence-electron chi connectivity index (χ0n) is 13.5.